The second kappa shape index (κ2) is 5.24. The molecule has 98 valence electrons. The second-order valence-electron chi connectivity index (χ2n) is 5.34. The van der Waals surface area contributed by atoms with Crippen LogP contribution < -0.4 is 10.2 Å². The van der Waals surface area contributed by atoms with E-state index in [0.717, 1.165) is 19.1 Å². The molecule has 2 saturated heterocycles. The van der Waals surface area contributed by atoms with Crippen molar-refractivity contribution in [2.75, 3.05) is 44.2 Å². The van der Waals surface area contributed by atoms with Crippen molar-refractivity contribution >= 4 is 5.69 Å². The number of aromatic nitrogens is 1. The average molecular weight is 246 g/mol. The van der Waals surface area contributed by atoms with E-state index in [9.17, 15) is 0 Å². The smallest absolute Gasteiger partial charge is 0.0427 e. The van der Waals surface area contributed by atoms with Crippen LogP contribution in [-0.2, 0) is 0 Å². The number of hydrogen-bond donors (Lipinski definition) is 1. The highest BCUT2D eigenvalue weighted by Gasteiger charge is 2.28. The maximum atomic E-state index is 4.18. The van der Waals surface area contributed by atoms with Crippen LogP contribution in [0, 0.1) is 6.92 Å². The molecule has 2 fully saturated rings. The largest absolute Gasteiger partial charge is 0.370 e. The van der Waals surface area contributed by atoms with E-state index in [0.29, 0.717) is 0 Å². The lowest BCUT2D eigenvalue weighted by molar-refractivity contribution is 0.185. The van der Waals surface area contributed by atoms with Crippen molar-refractivity contribution in [1.29, 1.82) is 0 Å². The Bertz CT molecular complexity index is 401. The summed E-state index contributed by atoms with van der Waals surface area (Å²) in [5, 5.41) is 3.43. The molecule has 4 heteroatoms. The summed E-state index contributed by atoms with van der Waals surface area (Å²) in [7, 11) is 0. The first-order valence-electron chi connectivity index (χ1n) is 6.95. The molecule has 1 atom stereocenters. The first kappa shape index (κ1) is 11.9. The molecular formula is C14H22N4. The van der Waals surface area contributed by atoms with Gasteiger partial charge in [0, 0.05) is 63.4 Å². The predicted octanol–water partition coefficient (Wildman–Crippen LogP) is 0.874. The van der Waals surface area contributed by atoms with E-state index in [4.69, 9.17) is 0 Å². The minimum Gasteiger partial charge on any atom is -0.370 e. The van der Waals surface area contributed by atoms with Gasteiger partial charge < -0.3 is 10.2 Å². The quantitative estimate of drug-likeness (QED) is 0.839. The van der Waals surface area contributed by atoms with Gasteiger partial charge in [-0.25, -0.2) is 0 Å². The lowest BCUT2D eigenvalue weighted by Crippen LogP contribution is -2.49. The lowest BCUT2D eigenvalue weighted by atomic mass is 10.2. The molecule has 0 amide bonds. The minimum absolute atomic E-state index is 0.736. The highest BCUT2D eigenvalue weighted by atomic mass is 15.3. The first-order chi connectivity index (χ1) is 8.84. The zero-order valence-corrected chi connectivity index (χ0v) is 11.1. The molecule has 0 radical (unpaired) electrons. The lowest BCUT2D eigenvalue weighted by Gasteiger charge is -2.32. The molecule has 0 saturated carbocycles. The van der Waals surface area contributed by atoms with Gasteiger partial charge in [-0.15, -0.1) is 0 Å². The van der Waals surface area contributed by atoms with E-state index in [1.54, 1.807) is 0 Å². The summed E-state index contributed by atoms with van der Waals surface area (Å²) in [5.74, 6) is 0. The topological polar surface area (TPSA) is 31.4 Å². The molecular weight excluding hydrogens is 224 g/mol. The third-order valence-electron chi connectivity index (χ3n) is 4.16. The molecule has 0 aromatic carbocycles. The summed E-state index contributed by atoms with van der Waals surface area (Å²) in [4.78, 5) is 9.34. The van der Waals surface area contributed by atoms with Crippen LogP contribution >= 0.6 is 0 Å². The summed E-state index contributed by atoms with van der Waals surface area (Å²) < 4.78 is 0. The van der Waals surface area contributed by atoms with Gasteiger partial charge in [-0.1, -0.05) is 0 Å². The van der Waals surface area contributed by atoms with Crippen LogP contribution in [0.3, 0.4) is 0 Å². The Morgan fingerprint density at radius 2 is 2.11 bits per heavy atom. The van der Waals surface area contributed by atoms with Gasteiger partial charge in [-0.2, -0.15) is 0 Å². The molecule has 2 aliphatic heterocycles. The fourth-order valence-electron chi connectivity index (χ4n) is 3.13. The maximum absolute atomic E-state index is 4.18. The van der Waals surface area contributed by atoms with Gasteiger partial charge in [-0.3, -0.25) is 9.88 Å². The molecule has 1 aromatic rings. The summed E-state index contributed by atoms with van der Waals surface area (Å²) in [6.07, 6.45) is 5.16. The van der Waals surface area contributed by atoms with Gasteiger partial charge in [0.1, 0.15) is 0 Å². The molecule has 0 spiro atoms. The summed E-state index contributed by atoms with van der Waals surface area (Å²) in [6.45, 7) is 9.20. The normalized spacial score (nSPS) is 25.6. The summed E-state index contributed by atoms with van der Waals surface area (Å²) >= 11 is 0. The van der Waals surface area contributed by atoms with E-state index < -0.39 is 0 Å². The molecule has 0 bridgehead atoms. The third kappa shape index (κ3) is 2.35. The number of rotatable bonds is 2. The van der Waals surface area contributed by atoms with Crippen molar-refractivity contribution in [1.82, 2.24) is 15.2 Å². The molecule has 2 aliphatic rings. The number of hydrogen-bond acceptors (Lipinski definition) is 4. The van der Waals surface area contributed by atoms with Gasteiger partial charge in [0.05, 0.1) is 0 Å². The summed E-state index contributed by atoms with van der Waals surface area (Å²) in [6, 6.07) is 2.88. The molecule has 0 aliphatic carbocycles. The number of nitrogens with zero attached hydrogens (tertiary/aromatic N) is 3. The van der Waals surface area contributed by atoms with Crippen LogP contribution in [0.4, 0.5) is 5.69 Å². The van der Waals surface area contributed by atoms with Crippen molar-refractivity contribution in [3.63, 3.8) is 0 Å². The highest BCUT2D eigenvalue weighted by molar-refractivity contribution is 5.52. The van der Waals surface area contributed by atoms with Crippen molar-refractivity contribution in [3.05, 3.63) is 24.0 Å². The van der Waals surface area contributed by atoms with E-state index >= 15 is 0 Å². The van der Waals surface area contributed by atoms with Crippen LogP contribution in [-0.4, -0.2) is 55.2 Å². The molecule has 1 N–H and O–H groups in total. The Morgan fingerprint density at radius 1 is 1.28 bits per heavy atom. The van der Waals surface area contributed by atoms with Crippen LogP contribution in [0.1, 0.15) is 12.0 Å². The first-order valence-corrected chi connectivity index (χ1v) is 6.95. The van der Waals surface area contributed by atoms with Gasteiger partial charge in [0.25, 0.3) is 0 Å². The zero-order valence-electron chi connectivity index (χ0n) is 11.1. The molecule has 18 heavy (non-hydrogen) atoms. The monoisotopic (exact) mass is 246 g/mol. The summed E-state index contributed by atoms with van der Waals surface area (Å²) in [5.41, 5.74) is 2.65. The molecule has 3 heterocycles. The minimum atomic E-state index is 0.736. The Hall–Kier alpha value is -1.13. The van der Waals surface area contributed by atoms with Gasteiger partial charge >= 0.3 is 0 Å². The number of nitrogens with one attached hydrogen (secondary N) is 1. The van der Waals surface area contributed by atoms with Crippen LogP contribution in [0.25, 0.3) is 0 Å². The predicted molar refractivity (Wildman–Crippen MR) is 74.0 cm³/mol. The Morgan fingerprint density at radius 3 is 2.89 bits per heavy atom. The molecule has 1 aromatic heterocycles. The van der Waals surface area contributed by atoms with Crippen molar-refractivity contribution < 1.29 is 0 Å². The fourth-order valence-corrected chi connectivity index (χ4v) is 3.13. The van der Waals surface area contributed by atoms with Crippen molar-refractivity contribution in [2.45, 2.75) is 19.4 Å². The third-order valence-corrected chi connectivity index (χ3v) is 4.16. The van der Waals surface area contributed by atoms with E-state index in [1.165, 1.54) is 43.9 Å². The molecule has 1 unspecified atom stereocenters. The Kier molecular flexibility index (Phi) is 3.48. The number of piperazine rings is 1. The van der Waals surface area contributed by atoms with Crippen LogP contribution in [0.2, 0.25) is 0 Å². The average Bonchev–Trinajstić information content (AvgIpc) is 2.90. The number of anilines is 1. The fraction of sp³-hybridized carbons (Fsp3) is 0.643. The van der Waals surface area contributed by atoms with Gasteiger partial charge in [0.15, 0.2) is 0 Å². The van der Waals surface area contributed by atoms with Gasteiger partial charge in [0.2, 0.25) is 0 Å². The standard InChI is InChI=1S/C14H22N4/c1-12-10-16-4-2-14(12)18-7-3-13(11-18)17-8-5-15-6-9-17/h2,4,10,13,15H,3,5-9,11H2,1H3. The SMILES string of the molecule is Cc1cnccc1N1CCC(N2CCNCC2)C1. The van der Waals surface area contributed by atoms with E-state index in [-0.39, 0.29) is 0 Å². The van der Waals surface area contributed by atoms with Gasteiger partial charge in [-0.05, 0) is 25.0 Å². The van der Waals surface area contributed by atoms with E-state index in [1.807, 2.05) is 12.4 Å². The van der Waals surface area contributed by atoms with Crippen molar-refractivity contribution in [2.24, 2.45) is 0 Å². The Balaban J connectivity index is 1.66. The van der Waals surface area contributed by atoms with Crippen LogP contribution in [0.15, 0.2) is 18.5 Å². The van der Waals surface area contributed by atoms with Crippen molar-refractivity contribution in [3.8, 4) is 0 Å². The maximum Gasteiger partial charge on any atom is 0.0427 e. The molecule has 3 rings (SSSR count). The zero-order chi connectivity index (χ0) is 12.4. The Labute approximate surface area is 109 Å². The molecule has 4 nitrogen and oxygen atoms in total. The van der Waals surface area contributed by atoms with E-state index in [2.05, 4.69) is 33.1 Å². The second-order valence-corrected chi connectivity index (χ2v) is 5.34. The highest BCUT2D eigenvalue weighted by Crippen LogP contribution is 2.25. The number of pyridine rings is 1. The number of aryl methyl sites for hydroxylation is 1. The van der Waals surface area contributed by atoms with Crippen LogP contribution in [0.5, 0.6) is 0 Å².